The predicted molar refractivity (Wildman–Crippen MR) is 117 cm³/mol. The molecule has 0 bridgehead atoms. The minimum atomic E-state index is -3.56. The van der Waals surface area contributed by atoms with Gasteiger partial charge in [0.1, 0.15) is 10.7 Å². The number of sulfonamides is 1. The highest BCUT2D eigenvalue weighted by Gasteiger charge is 2.25. The molecule has 6 nitrogen and oxygen atoms in total. The highest BCUT2D eigenvalue weighted by Crippen LogP contribution is 2.26. The molecule has 1 fully saturated rings. The van der Waals surface area contributed by atoms with Crippen molar-refractivity contribution in [1.82, 2.24) is 9.29 Å². The normalized spacial score (nSPS) is 16.6. The lowest BCUT2D eigenvalue weighted by Gasteiger charge is -2.19. The highest BCUT2D eigenvalue weighted by molar-refractivity contribution is 8.00. The zero-order chi connectivity index (χ0) is 21.7. The third-order valence-electron chi connectivity index (χ3n) is 4.77. The fourth-order valence-corrected chi connectivity index (χ4v) is 5.50. The summed E-state index contributed by atoms with van der Waals surface area (Å²) in [6, 6.07) is 7.08. The van der Waals surface area contributed by atoms with Crippen LogP contribution in [0.2, 0.25) is 5.02 Å². The fourth-order valence-electron chi connectivity index (χ4n) is 3.07. The van der Waals surface area contributed by atoms with Crippen LogP contribution in [-0.2, 0) is 14.8 Å². The molecule has 0 aliphatic carbocycles. The second-order valence-corrected chi connectivity index (χ2v) is 10.7. The van der Waals surface area contributed by atoms with Gasteiger partial charge in [0.25, 0.3) is 0 Å². The van der Waals surface area contributed by atoms with E-state index in [1.807, 2.05) is 0 Å². The Morgan fingerprint density at radius 3 is 2.50 bits per heavy atom. The fraction of sp³-hybridized carbons (Fsp3) is 0.400. The summed E-state index contributed by atoms with van der Waals surface area (Å²) in [7, 11) is -3.56. The Hall–Kier alpha value is -1.68. The molecule has 1 aliphatic rings. The molecule has 3 rings (SSSR count). The van der Waals surface area contributed by atoms with E-state index < -0.39 is 21.1 Å². The number of thioether (sulfide) groups is 1. The number of hydrogen-bond acceptors (Lipinski definition) is 5. The van der Waals surface area contributed by atoms with Crippen LogP contribution in [-0.4, -0.2) is 42.0 Å². The van der Waals surface area contributed by atoms with Crippen molar-refractivity contribution in [2.75, 3.05) is 18.4 Å². The van der Waals surface area contributed by atoms with Crippen LogP contribution >= 0.6 is 23.4 Å². The Morgan fingerprint density at radius 1 is 1.20 bits per heavy atom. The lowest BCUT2D eigenvalue weighted by atomic mass is 10.2. The summed E-state index contributed by atoms with van der Waals surface area (Å²) >= 11 is 6.93. The lowest BCUT2D eigenvalue weighted by Crippen LogP contribution is -2.32. The van der Waals surface area contributed by atoms with Gasteiger partial charge in [0.15, 0.2) is 0 Å². The van der Waals surface area contributed by atoms with Gasteiger partial charge in [-0.1, -0.05) is 36.2 Å². The number of nitrogens with one attached hydrogen (secondary N) is 1. The Kier molecular flexibility index (Phi) is 7.73. The molecule has 1 aromatic heterocycles. The third-order valence-corrected chi connectivity index (χ3v) is 7.99. The van der Waals surface area contributed by atoms with Crippen LogP contribution in [0.4, 0.5) is 10.1 Å². The first kappa shape index (κ1) is 23.0. The Bertz CT molecular complexity index is 995. The third kappa shape index (κ3) is 5.72. The molecular weight excluding hydrogens is 449 g/mol. The maximum atomic E-state index is 13.2. The molecule has 1 aliphatic heterocycles. The summed E-state index contributed by atoms with van der Waals surface area (Å²) in [6.45, 7) is 2.77. The number of rotatable bonds is 6. The van der Waals surface area contributed by atoms with Gasteiger partial charge < -0.3 is 5.32 Å². The van der Waals surface area contributed by atoms with Crippen molar-refractivity contribution >= 4 is 45.0 Å². The smallest absolute Gasteiger partial charge is 0.244 e. The minimum Gasteiger partial charge on any atom is -0.325 e. The van der Waals surface area contributed by atoms with Gasteiger partial charge in [-0.05, 0) is 50.1 Å². The quantitative estimate of drug-likeness (QED) is 0.625. The summed E-state index contributed by atoms with van der Waals surface area (Å²) in [4.78, 5) is 16.8. The van der Waals surface area contributed by atoms with E-state index in [1.165, 1.54) is 46.5 Å². The Labute approximate surface area is 185 Å². The number of pyridine rings is 1. The van der Waals surface area contributed by atoms with Crippen LogP contribution < -0.4 is 5.32 Å². The summed E-state index contributed by atoms with van der Waals surface area (Å²) < 4.78 is 40.4. The molecule has 0 saturated carbocycles. The van der Waals surface area contributed by atoms with Gasteiger partial charge in [0.05, 0.1) is 15.3 Å². The number of halogens is 2. The summed E-state index contributed by atoms with van der Waals surface area (Å²) in [6.07, 6.45) is 5.17. The van der Waals surface area contributed by atoms with Crippen LogP contribution in [0.1, 0.15) is 32.6 Å². The zero-order valence-electron chi connectivity index (χ0n) is 16.5. The average molecular weight is 472 g/mol. The number of anilines is 1. The molecule has 0 spiro atoms. The molecule has 1 amide bonds. The number of aromatic nitrogens is 1. The largest absolute Gasteiger partial charge is 0.325 e. The van der Waals surface area contributed by atoms with Crippen LogP contribution in [0.25, 0.3) is 0 Å². The second kappa shape index (κ2) is 10.1. The molecule has 30 heavy (non-hydrogen) atoms. The van der Waals surface area contributed by atoms with Crippen molar-refractivity contribution in [3.8, 4) is 0 Å². The van der Waals surface area contributed by atoms with Crippen molar-refractivity contribution in [2.24, 2.45) is 0 Å². The predicted octanol–water partition coefficient (Wildman–Crippen LogP) is 4.56. The minimum absolute atomic E-state index is 0.0732. The topological polar surface area (TPSA) is 79.4 Å². The van der Waals surface area contributed by atoms with E-state index >= 15 is 0 Å². The summed E-state index contributed by atoms with van der Waals surface area (Å²) in [5, 5.41) is 2.63. The van der Waals surface area contributed by atoms with Gasteiger partial charge in [0, 0.05) is 25.0 Å². The van der Waals surface area contributed by atoms with Gasteiger partial charge in [-0.25, -0.2) is 17.8 Å². The van der Waals surface area contributed by atoms with Gasteiger partial charge in [0.2, 0.25) is 15.9 Å². The van der Waals surface area contributed by atoms with Crippen molar-refractivity contribution in [1.29, 1.82) is 0 Å². The van der Waals surface area contributed by atoms with Gasteiger partial charge in [-0.2, -0.15) is 4.31 Å². The summed E-state index contributed by atoms with van der Waals surface area (Å²) in [5.41, 5.74) is 0.394. The molecule has 1 saturated heterocycles. The van der Waals surface area contributed by atoms with E-state index in [0.29, 0.717) is 23.8 Å². The van der Waals surface area contributed by atoms with E-state index in [4.69, 9.17) is 11.6 Å². The number of benzene rings is 1. The molecular formula is C20H23ClFN3O3S2. The molecule has 2 heterocycles. The first-order chi connectivity index (χ1) is 14.3. The maximum Gasteiger partial charge on any atom is 0.244 e. The molecule has 0 radical (unpaired) electrons. The van der Waals surface area contributed by atoms with Crippen LogP contribution in [0, 0.1) is 5.82 Å². The molecule has 1 aromatic carbocycles. The van der Waals surface area contributed by atoms with Crippen molar-refractivity contribution < 1.29 is 17.6 Å². The van der Waals surface area contributed by atoms with Crippen LogP contribution in [0.15, 0.2) is 46.5 Å². The van der Waals surface area contributed by atoms with Crippen LogP contribution in [0.3, 0.4) is 0 Å². The monoisotopic (exact) mass is 471 g/mol. The van der Waals surface area contributed by atoms with E-state index in [9.17, 15) is 17.6 Å². The number of carbonyl (C=O) groups is 1. The van der Waals surface area contributed by atoms with Crippen LogP contribution in [0.5, 0.6) is 0 Å². The Morgan fingerprint density at radius 2 is 1.90 bits per heavy atom. The molecule has 2 aromatic rings. The van der Waals surface area contributed by atoms with Crippen molar-refractivity contribution in [3.05, 3.63) is 47.4 Å². The SMILES string of the molecule is CC(Sc1ccc(S(=O)(=O)N2CCCCCC2)cn1)C(=O)Nc1ccc(F)c(Cl)c1. The molecule has 1 atom stereocenters. The molecule has 10 heteroatoms. The zero-order valence-corrected chi connectivity index (χ0v) is 18.9. The number of amides is 1. The van der Waals surface area contributed by atoms with Gasteiger partial charge in [-0.3, -0.25) is 4.79 Å². The molecule has 1 N–H and O–H groups in total. The average Bonchev–Trinajstić information content (AvgIpc) is 3.01. The number of hydrogen-bond donors (Lipinski definition) is 1. The number of nitrogens with zero attached hydrogens (tertiary/aromatic N) is 2. The van der Waals surface area contributed by atoms with Crippen molar-refractivity contribution in [2.45, 2.75) is 47.8 Å². The van der Waals surface area contributed by atoms with E-state index in [1.54, 1.807) is 13.0 Å². The van der Waals surface area contributed by atoms with E-state index in [2.05, 4.69) is 10.3 Å². The Balaban J connectivity index is 1.62. The summed E-state index contributed by atoms with van der Waals surface area (Å²) in [5.74, 6) is -0.859. The molecule has 162 valence electrons. The van der Waals surface area contributed by atoms with Crippen molar-refractivity contribution in [3.63, 3.8) is 0 Å². The first-order valence-electron chi connectivity index (χ1n) is 9.66. The van der Waals surface area contributed by atoms with Gasteiger partial charge >= 0.3 is 0 Å². The second-order valence-electron chi connectivity index (χ2n) is 7.03. The van der Waals surface area contributed by atoms with Gasteiger partial charge in [-0.15, -0.1) is 0 Å². The number of carbonyl (C=O) groups excluding carboxylic acids is 1. The maximum absolute atomic E-state index is 13.2. The lowest BCUT2D eigenvalue weighted by molar-refractivity contribution is -0.115. The molecule has 1 unspecified atom stereocenters. The standard InChI is InChI=1S/C20H23ClFN3O3S2/c1-14(20(26)24-15-6-8-18(22)17(21)12-15)29-19-9-7-16(13-23-19)30(27,28)25-10-4-2-3-5-11-25/h6-9,12-14H,2-5,10-11H2,1H3,(H,24,26). The van der Waals surface area contributed by atoms with E-state index in [0.717, 1.165) is 25.7 Å². The van der Waals surface area contributed by atoms with E-state index in [-0.39, 0.29) is 15.8 Å². The highest BCUT2D eigenvalue weighted by atomic mass is 35.5. The first-order valence-corrected chi connectivity index (χ1v) is 12.4.